The first kappa shape index (κ1) is 19.9. The predicted octanol–water partition coefficient (Wildman–Crippen LogP) is 4.74. The largest absolute Gasteiger partial charge is 0.339 e. The highest BCUT2D eigenvalue weighted by atomic mass is 32.1. The van der Waals surface area contributed by atoms with Crippen LogP contribution in [-0.2, 0) is 13.6 Å². The van der Waals surface area contributed by atoms with Crippen molar-refractivity contribution in [2.24, 2.45) is 7.05 Å². The minimum absolute atomic E-state index is 0.0726. The van der Waals surface area contributed by atoms with Crippen molar-refractivity contribution in [1.82, 2.24) is 9.36 Å². The minimum atomic E-state index is -0.0726. The third kappa shape index (κ3) is 3.50. The van der Waals surface area contributed by atoms with E-state index in [9.17, 15) is 4.79 Å². The SMILES string of the molecule is C=CC[n+]1c(-c2ccc(C)cc2)csc1Nc1c(C)n(C)n(-c2ccccc2)c1=O. The number of nitrogens with zero attached hydrogens (tertiary/aromatic N) is 3. The van der Waals surface area contributed by atoms with Crippen LogP contribution in [0.2, 0.25) is 0 Å². The normalized spacial score (nSPS) is 10.9. The molecule has 0 radical (unpaired) electrons. The van der Waals surface area contributed by atoms with Gasteiger partial charge in [-0.05, 0) is 26.0 Å². The monoisotopic (exact) mass is 417 g/mol. The van der Waals surface area contributed by atoms with Gasteiger partial charge in [-0.15, -0.1) is 0 Å². The lowest BCUT2D eigenvalue weighted by Gasteiger charge is -2.06. The van der Waals surface area contributed by atoms with E-state index in [1.807, 2.05) is 55.1 Å². The Morgan fingerprint density at radius 1 is 1.10 bits per heavy atom. The van der Waals surface area contributed by atoms with E-state index in [4.69, 9.17) is 0 Å². The van der Waals surface area contributed by atoms with Crippen molar-refractivity contribution in [3.05, 3.63) is 94.2 Å². The zero-order chi connectivity index (χ0) is 21.3. The van der Waals surface area contributed by atoms with Gasteiger partial charge in [0.15, 0.2) is 0 Å². The van der Waals surface area contributed by atoms with Crippen LogP contribution < -0.4 is 15.4 Å². The van der Waals surface area contributed by atoms with Crippen molar-refractivity contribution >= 4 is 22.2 Å². The van der Waals surface area contributed by atoms with Crippen LogP contribution in [0.5, 0.6) is 0 Å². The smallest absolute Gasteiger partial charge is 0.281 e. The van der Waals surface area contributed by atoms with Crippen LogP contribution in [0.15, 0.2) is 77.4 Å². The number of para-hydroxylation sites is 1. The molecule has 0 unspecified atom stereocenters. The molecule has 4 aromatic rings. The summed E-state index contributed by atoms with van der Waals surface area (Å²) in [5.74, 6) is 0. The van der Waals surface area contributed by atoms with E-state index in [1.54, 1.807) is 16.0 Å². The molecule has 2 heterocycles. The Balaban J connectivity index is 1.78. The highest BCUT2D eigenvalue weighted by Crippen LogP contribution is 2.26. The van der Waals surface area contributed by atoms with Crippen LogP contribution in [0.25, 0.3) is 16.9 Å². The molecular weight excluding hydrogens is 392 g/mol. The third-order valence-corrected chi connectivity index (χ3v) is 6.15. The number of aromatic nitrogens is 3. The molecule has 0 aliphatic rings. The van der Waals surface area contributed by atoms with Gasteiger partial charge in [0.05, 0.1) is 11.4 Å². The predicted molar refractivity (Wildman–Crippen MR) is 124 cm³/mol. The molecule has 2 aromatic carbocycles. The average Bonchev–Trinajstić information content (AvgIpc) is 3.24. The molecule has 152 valence electrons. The molecule has 6 heteroatoms. The molecule has 0 bridgehead atoms. The zero-order valence-electron chi connectivity index (χ0n) is 17.4. The van der Waals surface area contributed by atoms with Gasteiger partial charge in [-0.1, -0.05) is 72.0 Å². The summed E-state index contributed by atoms with van der Waals surface area (Å²) in [6, 6.07) is 18.1. The summed E-state index contributed by atoms with van der Waals surface area (Å²) in [5, 5.41) is 6.42. The summed E-state index contributed by atoms with van der Waals surface area (Å²) in [6.45, 7) is 8.59. The van der Waals surface area contributed by atoms with E-state index in [0.717, 1.165) is 27.8 Å². The Hall–Kier alpha value is -3.38. The van der Waals surface area contributed by atoms with Crippen molar-refractivity contribution in [3.8, 4) is 16.9 Å². The second-order valence-electron chi connectivity index (χ2n) is 7.25. The van der Waals surface area contributed by atoms with Crippen LogP contribution >= 0.6 is 11.3 Å². The molecule has 2 aromatic heterocycles. The minimum Gasteiger partial charge on any atom is -0.281 e. The molecule has 0 amide bonds. The molecule has 0 saturated heterocycles. The maximum atomic E-state index is 13.3. The second-order valence-corrected chi connectivity index (χ2v) is 8.11. The molecule has 0 spiro atoms. The van der Waals surface area contributed by atoms with Gasteiger partial charge < -0.3 is 0 Å². The summed E-state index contributed by atoms with van der Waals surface area (Å²) in [6.07, 6.45) is 1.87. The maximum Gasteiger partial charge on any atom is 0.339 e. The van der Waals surface area contributed by atoms with Crippen LogP contribution in [0.1, 0.15) is 11.3 Å². The lowest BCUT2D eigenvalue weighted by molar-refractivity contribution is -0.657. The Morgan fingerprint density at radius 2 is 1.80 bits per heavy atom. The van der Waals surface area contributed by atoms with Gasteiger partial charge >= 0.3 is 10.7 Å². The highest BCUT2D eigenvalue weighted by Gasteiger charge is 2.25. The van der Waals surface area contributed by atoms with Crippen molar-refractivity contribution < 1.29 is 4.57 Å². The van der Waals surface area contributed by atoms with Gasteiger partial charge in [-0.2, -0.15) is 0 Å². The quantitative estimate of drug-likeness (QED) is 0.364. The van der Waals surface area contributed by atoms with Crippen LogP contribution in [0.4, 0.5) is 10.8 Å². The van der Waals surface area contributed by atoms with Crippen molar-refractivity contribution in [1.29, 1.82) is 0 Å². The number of benzene rings is 2. The Morgan fingerprint density at radius 3 is 2.47 bits per heavy atom. The molecular formula is C24H25N4OS+. The number of anilines is 2. The summed E-state index contributed by atoms with van der Waals surface area (Å²) >= 11 is 1.58. The number of hydrogen-bond acceptors (Lipinski definition) is 3. The average molecular weight is 418 g/mol. The number of nitrogens with one attached hydrogen (secondary N) is 1. The molecule has 0 aliphatic carbocycles. The number of aryl methyl sites for hydroxylation is 1. The van der Waals surface area contributed by atoms with Crippen molar-refractivity contribution in [3.63, 3.8) is 0 Å². The van der Waals surface area contributed by atoms with E-state index >= 15 is 0 Å². The van der Waals surface area contributed by atoms with Crippen molar-refractivity contribution in [2.45, 2.75) is 20.4 Å². The molecule has 0 atom stereocenters. The molecule has 5 nitrogen and oxygen atoms in total. The molecule has 1 N–H and O–H groups in total. The van der Waals surface area contributed by atoms with Gasteiger partial charge in [0, 0.05) is 18.0 Å². The Bertz CT molecular complexity index is 1250. The maximum absolute atomic E-state index is 13.3. The molecule has 30 heavy (non-hydrogen) atoms. The second kappa shape index (κ2) is 8.16. The number of allylic oxidation sites excluding steroid dienone is 1. The first-order valence-corrected chi connectivity index (χ1v) is 10.7. The molecule has 0 saturated carbocycles. The fourth-order valence-corrected chi connectivity index (χ4v) is 4.47. The van der Waals surface area contributed by atoms with Crippen LogP contribution in [-0.4, -0.2) is 9.36 Å². The summed E-state index contributed by atoms with van der Waals surface area (Å²) in [7, 11) is 1.90. The fraction of sp³-hybridized carbons (Fsp3) is 0.167. The lowest BCUT2D eigenvalue weighted by atomic mass is 10.1. The zero-order valence-corrected chi connectivity index (χ0v) is 18.2. The first-order chi connectivity index (χ1) is 14.5. The molecule has 0 aliphatic heterocycles. The number of hydrogen-bond donors (Lipinski definition) is 1. The topological polar surface area (TPSA) is 42.8 Å². The Labute approximate surface area is 180 Å². The first-order valence-electron chi connectivity index (χ1n) is 9.81. The van der Waals surface area contributed by atoms with Crippen LogP contribution in [0, 0.1) is 13.8 Å². The van der Waals surface area contributed by atoms with E-state index < -0.39 is 0 Å². The fourth-order valence-electron chi connectivity index (χ4n) is 3.52. The van der Waals surface area contributed by atoms with E-state index in [2.05, 4.69) is 53.0 Å². The number of thiazole rings is 1. The van der Waals surface area contributed by atoms with E-state index in [1.165, 1.54) is 5.56 Å². The summed E-state index contributed by atoms with van der Waals surface area (Å²) in [5.41, 5.74) is 5.68. The third-order valence-electron chi connectivity index (χ3n) is 5.26. The Kier molecular flexibility index (Phi) is 5.42. The summed E-state index contributed by atoms with van der Waals surface area (Å²) < 4.78 is 5.72. The van der Waals surface area contributed by atoms with E-state index in [-0.39, 0.29) is 5.56 Å². The van der Waals surface area contributed by atoms with Gasteiger partial charge in [0.25, 0.3) is 0 Å². The molecule has 4 rings (SSSR count). The van der Waals surface area contributed by atoms with E-state index in [0.29, 0.717) is 12.2 Å². The number of rotatable bonds is 6. The molecule has 0 fully saturated rings. The lowest BCUT2D eigenvalue weighted by Crippen LogP contribution is -2.36. The van der Waals surface area contributed by atoms with Crippen LogP contribution in [0.3, 0.4) is 0 Å². The standard InChI is InChI=1S/C24H24N4OS/c1-5-15-27-21(19-13-11-17(2)12-14-19)16-30-24(27)25-22-18(3)26(4)28(23(22)29)20-9-7-6-8-10-20/h5-14,16H,1,15H2,2-4H3/p+1. The van der Waals surface area contributed by atoms with Crippen molar-refractivity contribution in [2.75, 3.05) is 5.32 Å². The van der Waals surface area contributed by atoms with Gasteiger partial charge in [0.1, 0.15) is 12.2 Å². The van der Waals surface area contributed by atoms with Gasteiger partial charge in [-0.3, -0.25) is 9.48 Å². The highest BCUT2D eigenvalue weighted by molar-refractivity contribution is 7.13. The summed E-state index contributed by atoms with van der Waals surface area (Å²) in [4.78, 5) is 13.3. The van der Waals surface area contributed by atoms with Gasteiger partial charge in [0.2, 0.25) is 5.69 Å². The van der Waals surface area contributed by atoms with Gasteiger partial charge in [-0.25, -0.2) is 14.6 Å².